The Labute approximate surface area is 80.1 Å². The summed E-state index contributed by atoms with van der Waals surface area (Å²) in [6.07, 6.45) is -0.263. The van der Waals surface area contributed by atoms with Gasteiger partial charge in [0.25, 0.3) is 0 Å². The van der Waals surface area contributed by atoms with Crippen molar-refractivity contribution >= 4 is 11.8 Å². The predicted molar refractivity (Wildman–Crippen MR) is 58.5 cm³/mol. The number of benzene rings is 1. The van der Waals surface area contributed by atoms with Crippen LogP contribution in [0.3, 0.4) is 0 Å². The standard InChI is InChI=1S/C11H16BO/c1-12(2,3)11(13)9-10-7-5-4-6-8-10/h4-8H,9H2,1-3H3/q-1. The number of carbonyl (C=O) groups excluding carboxylic acids is 1. The predicted octanol–water partition coefficient (Wildman–Crippen LogP) is 2.68. The second-order valence-corrected chi connectivity index (χ2v) is 4.73. The van der Waals surface area contributed by atoms with Gasteiger partial charge in [0.2, 0.25) is 0 Å². The molecule has 0 amide bonds. The van der Waals surface area contributed by atoms with Crippen LogP contribution in [0.4, 0.5) is 0 Å². The summed E-state index contributed by atoms with van der Waals surface area (Å²) in [5.74, 6) is 0. The van der Waals surface area contributed by atoms with Crippen LogP contribution in [0.25, 0.3) is 0 Å². The van der Waals surface area contributed by atoms with E-state index in [-0.39, 0.29) is 0 Å². The van der Waals surface area contributed by atoms with Gasteiger partial charge in [0.05, 0.1) is 6.15 Å². The number of carbonyl (C=O) groups is 1. The summed E-state index contributed by atoms with van der Waals surface area (Å²) in [6, 6.07) is 9.91. The van der Waals surface area contributed by atoms with Crippen LogP contribution in [0, 0.1) is 0 Å². The third kappa shape index (κ3) is 3.06. The summed E-state index contributed by atoms with van der Waals surface area (Å²) in [5.41, 5.74) is 1.47. The molecule has 0 N–H and O–H groups in total. The molecule has 0 saturated carbocycles. The fourth-order valence-corrected chi connectivity index (χ4v) is 1.10. The lowest BCUT2D eigenvalue weighted by atomic mass is 9.27. The van der Waals surface area contributed by atoms with Crippen LogP contribution in [0.2, 0.25) is 20.5 Å². The molecule has 1 nitrogen and oxygen atoms in total. The average molecular weight is 175 g/mol. The van der Waals surface area contributed by atoms with Gasteiger partial charge in [-0.2, -0.15) is 20.5 Å². The molecule has 0 saturated heterocycles. The SMILES string of the molecule is C[B-](C)(C)C(=O)Cc1ccccc1. The lowest BCUT2D eigenvalue weighted by Crippen LogP contribution is -2.34. The molecule has 0 radical (unpaired) electrons. The third-order valence-corrected chi connectivity index (χ3v) is 2.19. The summed E-state index contributed by atoms with van der Waals surface area (Å²) in [4.78, 5) is 11.7. The Hall–Kier alpha value is -1.05. The zero-order valence-electron chi connectivity index (χ0n) is 8.58. The van der Waals surface area contributed by atoms with Crippen molar-refractivity contribution in [1.29, 1.82) is 0 Å². The quantitative estimate of drug-likeness (QED) is 0.645. The van der Waals surface area contributed by atoms with E-state index in [1.807, 2.05) is 50.8 Å². The van der Waals surface area contributed by atoms with Crippen LogP contribution in [0.1, 0.15) is 5.56 Å². The summed E-state index contributed by atoms with van der Waals surface area (Å²) >= 11 is 0. The minimum Gasteiger partial charge on any atom is -0.346 e. The minimum atomic E-state index is -0.837. The molecule has 0 unspecified atom stereocenters. The largest absolute Gasteiger partial charge is 0.346 e. The van der Waals surface area contributed by atoms with E-state index in [0.29, 0.717) is 12.1 Å². The maximum Gasteiger partial charge on any atom is 0.0614 e. The number of hydrogen-bond donors (Lipinski definition) is 0. The van der Waals surface area contributed by atoms with Crippen molar-refractivity contribution in [3.05, 3.63) is 35.9 Å². The van der Waals surface area contributed by atoms with Crippen LogP contribution in [-0.4, -0.2) is 11.8 Å². The second kappa shape index (κ2) is 3.78. The van der Waals surface area contributed by atoms with Crippen LogP contribution in [0.15, 0.2) is 30.3 Å². The maximum absolute atomic E-state index is 11.7. The van der Waals surface area contributed by atoms with Crippen molar-refractivity contribution in [3.8, 4) is 0 Å². The molecule has 2 heteroatoms. The molecule has 0 aliphatic rings. The van der Waals surface area contributed by atoms with E-state index in [9.17, 15) is 4.79 Å². The summed E-state index contributed by atoms with van der Waals surface area (Å²) < 4.78 is 0. The fraction of sp³-hybridized carbons (Fsp3) is 0.364. The van der Waals surface area contributed by atoms with E-state index >= 15 is 0 Å². The molecular formula is C11H16BO-. The molecule has 0 fully saturated rings. The molecule has 0 aromatic heterocycles. The maximum atomic E-state index is 11.7. The highest BCUT2D eigenvalue weighted by Gasteiger charge is 2.14. The summed E-state index contributed by atoms with van der Waals surface area (Å²) in [7, 11) is 0. The normalized spacial score (nSPS) is 11.3. The topological polar surface area (TPSA) is 17.1 Å². The third-order valence-electron chi connectivity index (χ3n) is 2.19. The van der Waals surface area contributed by atoms with Gasteiger partial charge in [-0.25, -0.2) is 0 Å². The number of rotatable bonds is 3. The lowest BCUT2D eigenvalue weighted by molar-refractivity contribution is -0.112. The monoisotopic (exact) mass is 175 g/mol. The Morgan fingerprint density at radius 2 is 1.69 bits per heavy atom. The van der Waals surface area contributed by atoms with Gasteiger partial charge in [-0.05, 0) is 17.7 Å². The van der Waals surface area contributed by atoms with Gasteiger partial charge in [0, 0.05) is 0 Å². The molecule has 1 rings (SSSR count). The highest BCUT2D eigenvalue weighted by molar-refractivity contribution is 7.03. The summed E-state index contributed by atoms with van der Waals surface area (Å²) in [5, 5.41) is 0. The first-order chi connectivity index (χ1) is 6.00. The molecule has 0 heterocycles. The van der Waals surface area contributed by atoms with E-state index in [0.717, 1.165) is 5.56 Å². The first-order valence-corrected chi connectivity index (χ1v) is 4.84. The second-order valence-electron chi connectivity index (χ2n) is 4.73. The highest BCUT2D eigenvalue weighted by Crippen LogP contribution is 2.08. The first-order valence-electron chi connectivity index (χ1n) is 4.84. The Morgan fingerprint density at radius 3 is 2.15 bits per heavy atom. The first kappa shape index (κ1) is 10.0. The van der Waals surface area contributed by atoms with Crippen molar-refractivity contribution in [2.24, 2.45) is 0 Å². The molecule has 0 atom stereocenters. The van der Waals surface area contributed by atoms with Crippen LogP contribution in [0.5, 0.6) is 0 Å². The molecule has 70 valence electrons. The van der Waals surface area contributed by atoms with Crippen LogP contribution >= 0.6 is 0 Å². The molecule has 1 aromatic carbocycles. The van der Waals surface area contributed by atoms with E-state index < -0.39 is 6.15 Å². The van der Waals surface area contributed by atoms with Gasteiger partial charge in [0.15, 0.2) is 0 Å². The Morgan fingerprint density at radius 1 is 1.15 bits per heavy atom. The Kier molecular flexibility index (Phi) is 2.92. The Bertz CT molecular complexity index is 285. The molecule has 1 aromatic rings. The van der Waals surface area contributed by atoms with Gasteiger partial charge in [-0.3, -0.25) is 0 Å². The average Bonchev–Trinajstić information content (AvgIpc) is 2.04. The van der Waals surface area contributed by atoms with Crippen molar-refractivity contribution in [1.82, 2.24) is 0 Å². The zero-order chi connectivity index (χ0) is 9.90. The van der Waals surface area contributed by atoms with Gasteiger partial charge in [-0.1, -0.05) is 30.3 Å². The van der Waals surface area contributed by atoms with E-state index in [1.165, 1.54) is 0 Å². The van der Waals surface area contributed by atoms with E-state index in [1.54, 1.807) is 0 Å². The van der Waals surface area contributed by atoms with Crippen molar-refractivity contribution in [2.45, 2.75) is 26.9 Å². The van der Waals surface area contributed by atoms with Crippen molar-refractivity contribution in [2.75, 3.05) is 0 Å². The molecule has 13 heavy (non-hydrogen) atoms. The summed E-state index contributed by atoms with van der Waals surface area (Å²) in [6.45, 7) is 6.06. The minimum absolute atomic E-state index is 0.353. The van der Waals surface area contributed by atoms with Gasteiger partial charge in [-0.15, -0.1) is 0 Å². The van der Waals surface area contributed by atoms with Gasteiger partial charge < -0.3 is 4.79 Å². The van der Waals surface area contributed by atoms with E-state index in [4.69, 9.17) is 0 Å². The smallest absolute Gasteiger partial charge is 0.0614 e. The molecule has 0 spiro atoms. The van der Waals surface area contributed by atoms with Crippen molar-refractivity contribution < 1.29 is 4.79 Å². The zero-order valence-corrected chi connectivity index (χ0v) is 8.58. The fourth-order valence-electron chi connectivity index (χ4n) is 1.10. The van der Waals surface area contributed by atoms with Gasteiger partial charge >= 0.3 is 0 Å². The van der Waals surface area contributed by atoms with Crippen LogP contribution < -0.4 is 0 Å². The van der Waals surface area contributed by atoms with Gasteiger partial charge in [0.1, 0.15) is 0 Å². The highest BCUT2D eigenvalue weighted by atomic mass is 16.1. The Balaban J connectivity index is 2.66. The molecule has 0 aliphatic heterocycles. The van der Waals surface area contributed by atoms with Crippen LogP contribution in [-0.2, 0) is 11.2 Å². The van der Waals surface area contributed by atoms with E-state index in [2.05, 4.69) is 0 Å². The molecule has 0 bridgehead atoms. The molecule has 0 aliphatic carbocycles. The molecular weight excluding hydrogens is 159 g/mol. The lowest BCUT2D eigenvalue weighted by Gasteiger charge is -2.21. The van der Waals surface area contributed by atoms with Crippen molar-refractivity contribution in [3.63, 3.8) is 0 Å². The number of hydrogen-bond acceptors (Lipinski definition) is 1.